The highest BCUT2D eigenvalue weighted by molar-refractivity contribution is 5.46. The quantitative estimate of drug-likeness (QED) is 0.816. The third-order valence-corrected chi connectivity index (χ3v) is 4.41. The number of anilines is 1. The van der Waals surface area contributed by atoms with Crippen LogP contribution < -0.4 is 10.6 Å². The molecule has 1 aromatic carbocycles. The van der Waals surface area contributed by atoms with Crippen LogP contribution in [0.4, 0.5) is 5.69 Å². The van der Waals surface area contributed by atoms with Crippen LogP contribution in [0.1, 0.15) is 31.2 Å². The SMILES string of the molecule is Cc1cccc(NC2CC3(CCNCC3)C2)c1. The number of aryl methyl sites for hydroxylation is 1. The van der Waals surface area contributed by atoms with E-state index in [4.69, 9.17) is 0 Å². The molecule has 1 aliphatic carbocycles. The first-order valence-electron chi connectivity index (χ1n) is 6.80. The van der Waals surface area contributed by atoms with Gasteiger partial charge < -0.3 is 10.6 Å². The Bertz CT molecular complexity index is 386. The molecule has 0 aromatic heterocycles. The molecule has 1 saturated carbocycles. The lowest BCUT2D eigenvalue weighted by molar-refractivity contribution is 0.0718. The molecule has 92 valence electrons. The number of benzene rings is 1. The third-order valence-electron chi connectivity index (χ3n) is 4.41. The maximum absolute atomic E-state index is 3.67. The fourth-order valence-electron chi connectivity index (χ4n) is 3.42. The highest BCUT2D eigenvalue weighted by atomic mass is 15.0. The van der Waals surface area contributed by atoms with Gasteiger partial charge in [0, 0.05) is 11.7 Å². The van der Waals surface area contributed by atoms with Crippen molar-refractivity contribution in [2.45, 2.75) is 38.6 Å². The minimum absolute atomic E-state index is 0.673. The number of nitrogens with one attached hydrogen (secondary N) is 2. The Kier molecular flexibility index (Phi) is 2.83. The van der Waals surface area contributed by atoms with Gasteiger partial charge in [-0.05, 0) is 68.8 Å². The Morgan fingerprint density at radius 1 is 1.24 bits per heavy atom. The molecule has 0 unspecified atom stereocenters. The van der Waals surface area contributed by atoms with Gasteiger partial charge in [0.15, 0.2) is 0 Å². The molecule has 1 aliphatic heterocycles. The molecular weight excluding hydrogens is 208 g/mol. The zero-order chi connectivity index (χ0) is 11.7. The molecule has 1 heterocycles. The molecular formula is C15H22N2. The molecule has 2 N–H and O–H groups in total. The summed E-state index contributed by atoms with van der Waals surface area (Å²) < 4.78 is 0. The van der Waals surface area contributed by atoms with Crippen LogP contribution in [-0.2, 0) is 0 Å². The highest BCUT2D eigenvalue weighted by Gasteiger charge is 2.44. The zero-order valence-corrected chi connectivity index (χ0v) is 10.6. The molecule has 1 aromatic rings. The summed E-state index contributed by atoms with van der Waals surface area (Å²) in [5.41, 5.74) is 3.30. The summed E-state index contributed by atoms with van der Waals surface area (Å²) in [5.74, 6) is 0. The van der Waals surface area contributed by atoms with E-state index in [9.17, 15) is 0 Å². The first kappa shape index (κ1) is 11.1. The van der Waals surface area contributed by atoms with E-state index in [1.807, 2.05) is 0 Å². The number of hydrogen-bond acceptors (Lipinski definition) is 2. The van der Waals surface area contributed by atoms with Crippen molar-refractivity contribution in [3.63, 3.8) is 0 Å². The monoisotopic (exact) mass is 230 g/mol. The van der Waals surface area contributed by atoms with Crippen molar-refractivity contribution in [3.8, 4) is 0 Å². The van der Waals surface area contributed by atoms with Crippen molar-refractivity contribution >= 4 is 5.69 Å². The summed E-state index contributed by atoms with van der Waals surface area (Å²) in [6.07, 6.45) is 5.48. The van der Waals surface area contributed by atoms with Crippen molar-refractivity contribution < 1.29 is 0 Å². The molecule has 3 rings (SSSR count). The van der Waals surface area contributed by atoms with E-state index in [0.29, 0.717) is 11.5 Å². The van der Waals surface area contributed by atoms with Crippen LogP contribution in [0.3, 0.4) is 0 Å². The fourth-order valence-corrected chi connectivity index (χ4v) is 3.42. The van der Waals surface area contributed by atoms with Gasteiger partial charge >= 0.3 is 0 Å². The largest absolute Gasteiger partial charge is 0.382 e. The average molecular weight is 230 g/mol. The molecule has 2 aliphatic rings. The minimum Gasteiger partial charge on any atom is -0.382 e. The topological polar surface area (TPSA) is 24.1 Å². The van der Waals surface area contributed by atoms with Crippen molar-refractivity contribution in [1.82, 2.24) is 5.32 Å². The van der Waals surface area contributed by atoms with Gasteiger partial charge in [0.2, 0.25) is 0 Å². The third kappa shape index (κ3) is 2.32. The molecule has 2 fully saturated rings. The second kappa shape index (κ2) is 4.34. The summed E-state index contributed by atoms with van der Waals surface area (Å²) in [5, 5.41) is 7.13. The number of hydrogen-bond donors (Lipinski definition) is 2. The molecule has 0 atom stereocenters. The van der Waals surface area contributed by atoms with E-state index in [2.05, 4.69) is 41.8 Å². The fraction of sp³-hybridized carbons (Fsp3) is 0.600. The lowest BCUT2D eigenvalue weighted by Gasteiger charge is -2.50. The molecule has 1 saturated heterocycles. The normalized spacial score (nSPS) is 23.4. The Morgan fingerprint density at radius 2 is 2.00 bits per heavy atom. The van der Waals surface area contributed by atoms with E-state index in [1.165, 1.54) is 50.0 Å². The van der Waals surface area contributed by atoms with Crippen LogP contribution >= 0.6 is 0 Å². The molecule has 0 bridgehead atoms. The lowest BCUT2D eigenvalue weighted by Crippen LogP contribution is -2.50. The van der Waals surface area contributed by atoms with E-state index < -0.39 is 0 Å². The predicted molar refractivity (Wildman–Crippen MR) is 72.4 cm³/mol. The molecule has 2 heteroatoms. The first-order valence-corrected chi connectivity index (χ1v) is 6.80. The maximum atomic E-state index is 3.67. The first-order chi connectivity index (χ1) is 8.26. The van der Waals surface area contributed by atoms with Crippen LogP contribution in [0, 0.1) is 12.3 Å². The standard InChI is InChI=1S/C15H22N2/c1-12-3-2-4-13(9-12)17-14-10-15(11-14)5-7-16-8-6-15/h2-4,9,14,16-17H,5-8,10-11H2,1H3. The predicted octanol–water partition coefficient (Wildman–Crippen LogP) is 2.94. The van der Waals surface area contributed by atoms with E-state index >= 15 is 0 Å². The van der Waals surface area contributed by atoms with Gasteiger partial charge in [0.25, 0.3) is 0 Å². The van der Waals surface area contributed by atoms with Gasteiger partial charge in [-0.2, -0.15) is 0 Å². The Balaban J connectivity index is 1.55. The van der Waals surface area contributed by atoms with Crippen LogP contribution in [0.5, 0.6) is 0 Å². The maximum Gasteiger partial charge on any atom is 0.0344 e. The van der Waals surface area contributed by atoms with E-state index in [0.717, 1.165) is 0 Å². The van der Waals surface area contributed by atoms with Gasteiger partial charge in [-0.3, -0.25) is 0 Å². The summed E-state index contributed by atoms with van der Waals surface area (Å²) in [7, 11) is 0. The molecule has 2 nitrogen and oxygen atoms in total. The summed E-state index contributed by atoms with van der Waals surface area (Å²) in [6.45, 7) is 4.59. The molecule has 0 radical (unpaired) electrons. The van der Waals surface area contributed by atoms with Gasteiger partial charge in [-0.15, -0.1) is 0 Å². The smallest absolute Gasteiger partial charge is 0.0344 e. The van der Waals surface area contributed by atoms with E-state index in [1.54, 1.807) is 0 Å². The Labute approximate surface area is 104 Å². The van der Waals surface area contributed by atoms with Gasteiger partial charge in [0.05, 0.1) is 0 Å². The van der Waals surface area contributed by atoms with Crippen molar-refractivity contribution in [2.75, 3.05) is 18.4 Å². The second-order valence-corrected chi connectivity index (χ2v) is 5.87. The van der Waals surface area contributed by atoms with Crippen molar-refractivity contribution in [3.05, 3.63) is 29.8 Å². The van der Waals surface area contributed by atoms with Crippen LogP contribution in [-0.4, -0.2) is 19.1 Å². The average Bonchev–Trinajstić information content (AvgIpc) is 2.28. The zero-order valence-electron chi connectivity index (χ0n) is 10.6. The summed E-state index contributed by atoms with van der Waals surface area (Å²) in [6, 6.07) is 9.42. The van der Waals surface area contributed by atoms with Crippen LogP contribution in [0.25, 0.3) is 0 Å². The minimum atomic E-state index is 0.673. The lowest BCUT2D eigenvalue weighted by atomic mass is 9.60. The van der Waals surface area contributed by atoms with E-state index in [-0.39, 0.29) is 0 Å². The number of rotatable bonds is 2. The Morgan fingerprint density at radius 3 is 2.71 bits per heavy atom. The van der Waals surface area contributed by atoms with Crippen molar-refractivity contribution in [2.24, 2.45) is 5.41 Å². The molecule has 1 spiro atoms. The highest BCUT2D eigenvalue weighted by Crippen LogP contribution is 2.48. The Hall–Kier alpha value is -1.02. The van der Waals surface area contributed by atoms with Gasteiger partial charge in [-0.25, -0.2) is 0 Å². The summed E-state index contributed by atoms with van der Waals surface area (Å²) in [4.78, 5) is 0. The number of piperidine rings is 1. The summed E-state index contributed by atoms with van der Waals surface area (Å²) >= 11 is 0. The second-order valence-electron chi connectivity index (χ2n) is 5.87. The van der Waals surface area contributed by atoms with Crippen LogP contribution in [0.2, 0.25) is 0 Å². The van der Waals surface area contributed by atoms with Crippen molar-refractivity contribution in [1.29, 1.82) is 0 Å². The van der Waals surface area contributed by atoms with Crippen LogP contribution in [0.15, 0.2) is 24.3 Å². The van der Waals surface area contributed by atoms with Gasteiger partial charge in [-0.1, -0.05) is 12.1 Å². The molecule has 17 heavy (non-hydrogen) atoms. The molecule has 0 amide bonds. The van der Waals surface area contributed by atoms with Gasteiger partial charge in [0.1, 0.15) is 0 Å².